The van der Waals surface area contributed by atoms with Crippen molar-refractivity contribution in [3.63, 3.8) is 0 Å². The van der Waals surface area contributed by atoms with Crippen molar-refractivity contribution in [1.82, 2.24) is 4.90 Å². The van der Waals surface area contributed by atoms with Gasteiger partial charge in [0.05, 0.1) is 12.2 Å². The van der Waals surface area contributed by atoms with Crippen LogP contribution in [0.5, 0.6) is 5.75 Å². The molecule has 0 saturated carbocycles. The van der Waals surface area contributed by atoms with Crippen LogP contribution in [0.2, 0.25) is 0 Å². The van der Waals surface area contributed by atoms with Gasteiger partial charge in [0, 0.05) is 26.2 Å². The second-order valence-electron chi connectivity index (χ2n) is 4.18. The Morgan fingerprint density at radius 3 is 2.39 bits per heavy atom. The van der Waals surface area contributed by atoms with E-state index in [0.717, 1.165) is 11.4 Å². The molecule has 0 saturated heterocycles. The van der Waals surface area contributed by atoms with Crippen molar-refractivity contribution in [2.45, 2.75) is 13.3 Å². The van der Waals surface area contributed by atoms with E-state index in [1.54, 1.807) is 6.92 Å². The highest BCUT2D eigenvalue weighted by Crippen LogP contribution is 2.14. The van der Waals surface area contributed by atoms with Crippen LogP contribution in [0.1, 0.15) is 13.3 Å². The van der Waals surface area contributed by atoms with E-state index in [9.17, 15) is 4.79 Å². The summed E-state index contributed by atoms with van der Waals surface area (Å²) in [5.41, 5.74) is 1.13. The highest BCUT2D eigenvalue weighted by atomic mass is 16.5. The van der Waals surface area contributed by atoms with Crippen molar-refractivity contribution in [3.05, 3.63) is 41.6 Å². The number of aliphatic carboxylic acids is 1. The van der Waals surface area contributed by atoms with E-state index < -0.39 is 5.97 Å². The third-order valence-electron chi connectivity index (χ3n) is 2.64. The normalized spacial score (nSPS) is 11.7. The molecule has 0 bridgehead atoms. The molecule has 0 unspecified atom stereocenters. The molecule has 0 aliphatic carbocycles. The van der Waals surface area contributed by atoms with Crippen molar-refractivity contribution in [1.29, 1.82) is 0 Å². The molecule has 1 aromatic carbocycles. The van der Waals surface area contributed by atoms with E-state index in [0.29, 0.717) is 18.6 Å². The highest BCUT2D eigenvalue weighted by molar-refractivity contribution is 5.86. The summed E-state index contributed by atoms with van der Waals surface area (Å²) in [5, 5.41) is 8.99. The van der Waals surface area contributed by atoms with E-state index in [1.807, 2.05) is 49.3 Å². The van der Waals surface area contributed by atoms with Crippen molar-refractivity contribution < 1.29 is 14.6 Å². The molecule has 0 aliphatic rings. The summed E-state index contributed by atoms with van der Waals surface area (Å²) in [4.78, 5) is 12.8. The number of para-hydroxylation sites is 1. The van der Waals surface area contributed by atoms with Crippen LogP contribution >= 0.6 is 0 Å². The van der Waals surface area contributed by atoms with Crippen LogP contribution in [0, 0.1) is 0 Å². The average molecular weight is 249 g/mol. The van der Waals surface area contributed by atoms with Gasteiger partial charge in [0.1, 0.15) is 5.75 Å². The molecule has 1 aromatic rings. The predicted octanol–water partition coefficient (Wildman–Crippen LogP) is 2.38. The molecule has 98 valence electrons. The minimum atomic E-state index is -0.890. The van der Waals surface area contributed by atoms with E-state index in [1.165, 1.54) is 0 Å². The molecule has 4 heteroatoms. The second kappa shape index (κ2) is 6.69. The largest absolute Gasteiger partial charge is 0.493 e. The number of ether oxygens (including phenoxy) is 1. The van der Waals surface area contributed by atoms with Crippen LogP contribution in [-0.4, -0.2) is 36.7 Å². The van der Waals surface area contributed by atoms with Crippen LogP contribution in [0.15, 0.2) is 41.6 Å². The minimum absolute atomic E-state index is 0.358. The van der Waals surface area contributed by atoms with Gasteiger partial charge in [0.2, 0.25) is 0 Å². The number of benzene rings is 1. The molecular formula is C14H19NO3. The fraction of sp³-hybridized carbons (Fsp3) is 0.357. The maximum Gasteiger partial charge on any atom is 0.333 e. The molecule has 0 aromatic heterocycles. The maximum atomic E-state index is 11.0. The molecule has 0 aliphatic heterocycles. The summed E-state index contributed by atoms with van der Waals surface area (Å²) in [7, 11) is 3.68. The smallest absolute Gasteiger partial charge is 0.333 e. The number of hydrogen-bond acceptors (Lipinski definition) is 3. The molecule has 0 atom stereocenters. The summed E-state index contributed by atoms with van der Waals surface area (Å²) >= 11 is 0. The SMILES string of the molecule is CC(C(=O)O)=C(CCOc1ccccc1)N(C)C. The van der Waals surface area contributed by atoms with Crippen molar-refractivity contribution in [3.8, 4) is 5.75 Å². The third-order valence-corrected chi connectivity index (χ3v) is 2.64. The van der Waals surface area contributed by atoms with E-state index in [4.69, 9.17) is 9.84 Å². The summed E-state index contributed by atoms with van der Waals surface area (Å²) in [6, 6.07) is 9.49. The van der Waals surface area contributed by atoms with Crippen LogP contribution in [0.25, 0.3) is 0 Å². The molecule has 0 amide bonds. The van der Waals surface area contributed by atoms with Gasteiger partial charge < -0.3 is 14.7 Å². The standard InChI is InChI=1S/C14H19NO3/c1-11(14(16)17)13(15(2)3)9-10-18-12-7-5-4-6-8-12/h4-8H,9-10H2,1-3H3,(H,16,17). The molecule has 0 heterocycles. The summed E-state index contributed by atoms with van der Waals surface area (Å²) in [6.45, 7) is 2.07. The Kier molecular flexibility index (Phi) is 5.24. The Bertz CT molecular complexity index is 424. The van der Waals surface area contributed by atoms with E-state index in [-0.39, 0.29) is 0 Å². The lowest BCUT2D eigenvalue weighted by Gasteiger charge is -2.19. The molecule has 1 N–H and O–H groups in total. The van der Waals surface area contributed by atoms with Gasteiger partial charge >= 0.3 is 5.97 Å². The van der Waals surface area contributed by atoms with Crippen LogP contribution in [0.4, 0.5) is 0 Å². The third kappa shape index (κ3) is 4.13. The van der Waals surface area contributed by atoms with Gasteiger partial charge in [-0.3, -0.25) is 0 Å². The maximum absolute atomic E-state index is 11.0. The number of hydrogen-bond donors (Lipinski definition) is 1. The summed E-state index contributed by atoms with van der Waals surface area (Å²) in [5.74, 6) is -0.0954. The van der Waals surface area contributed by atoms with Gasteiger partial charge in [-0.15, -0.1) is 0 Å². The number of carboxylic acids is 1. The number of rotatable bonds is 6. The molecular weight excluding hydrogens is 230 g/mol. The Labute approximate surface area is 107 Å². The van der Waals surface area contributed by atoms with Crippen molar-refractivity contribution in [2.24, 2.45) is 0 Å². The van der Waals surface area contributed by atoms with Gasteiger partial charge in [0.15, 0.2) is 0 Å². The molecule has 0 radical (unpaired) electrons. The lowest BCUT2D eigenvalue weighted by Crippen LogP contribution is -2.18. The lowest BCUT2D eigenvalue weighted by molar-refractivity contribution is -0.132. The van der Waals surface area contributed by atoms with E-state index in [2.05, 4.69) is 0 Å². The zero-order valence-corrected chi connectivity index (χ0v) is 11.0. The Morgan fingerprint density at radius 1 is 1.28 bits per heavy atom. The first-order chi connectivity index (χ1) is 8.52. The quantitative estimate of drug-likeness (QED) is 0.786. The van der Waals surface area contributed by atoms with Crippen LogP contribution in [0.3, 0.4) is 0 Å². The Morgan fingerprint density at radius 2 is 1.89 bits per heavy atom. The van der Waals surface area contributed by atoms with Gasteiger partial charge in [-0.2, -0.15) is 0 Å². The van der Waals surface area contributed by atoms with Gasteiger partial charge in [-0.1, -0.05) is 18.2 Å². The first-order valence-electron chi connectivity index (χ1n) is 5.80. The fourth-order valence-electron chi connectivity index (χ4n) is 1.65. The van der Waals surface area contributed by atoms with Crippen molar-refractivity contribution in [2.75, 3.05) is 20.7 Å². The zero-order valence-electron chi connectivity index (χ0n) is 11.0. The summed E-state index contributed by atoms with van der Waals surface area (Å²) in [6.07, 6.45) is 0.569. The average Bonchev–Trinajstić information content (AvgIpc) is 2.34. The monoisotopic (exact) mass is 249 g/mol. The molecule has 4 nitrogen and oxygen atoms in total. The molecule has 1 rings (SSSR count). The fourth-order valence-corrected chi connectivity index (χ4v) is 1.65. The molecule has 0 spiro atoms. The first-order valence-corrected chi connectivity index (χ1v) is 5.80. The lowest BCUT2D eigenvalue weighted by atomic mass is 10.1. The highest BCUT2D eigenvalue weighted by Gasteiger charge is 2.11. The van der Waals surface area contributed by atoms with Gasteiger partial charge in [0.25, 0.3) is 0 Å². The topological polar surface area (TPSA) is 49.8 Å². The Hall–Kier alpha value is -1.97. The number of nitrogens with zero attached hydrogens (tertiary/aromatic N) is 1. The van der Waals surface area contributed by atoms with Crippen LogP contribution < -0.4 is 4.74 Å². The Balaban J connectivity index is 2.60. The molecule has 18 heavy (non-hydrogen) atoms. The van der Waals surface area contributed by atoms with Crippen LogP contribution in [-0.2, 0) is 4.79 Å². The predicted molar refractivity (Wildman–Crippen MR) is 70.6 cm³/mol. The van der Waals surface area contributed by atoms with E-state index >= 15 is 0 Å². The summed E-state index contributed by atoms with van der Waals surface area (Å²) < 4.78 is 5.56. The van der Waals surface area contributed by atoms with Crippen molar-refractivity contribution >= 4 is 5.97 Å². The second-order valence-corrected chi connectivity index (χ2v) is 4.18. The van der Waals surface area contributed by atoms with Gasteiger partial charge in [-0.05, 0) is 19.1 Å². The first kappa shape index (κ1) is 14.1. The number of carbonyl (C=O) groups is 1. The zero-order chi connectivity index (χ0) is 13.5. The molecule has 0 fully saturated rings. The number of carboxylic acid groups (broad SMARTS) is 1. The van der Waals surface area contributed by atoms with Gasteiger partial charge in [-0.25, -0.2) is 4.79 Å². The minimum Gasteiger partial charge on any atom is -0.493 e.